The Bertz CT molecular complexity index is 1440. The first-order valence-corrected chi connectivity index (χ1v) is 25.5. The first kappa shape index (κ1) is 67.3. The van der Waals surface area contributed by atoms with Crippen LogP contribution in [0.4, 0.5) is 0 Å². The van der Waals surface area contributed by atoms with Crippen molar-refractivity contribution in [3.05, 3.63) is 11.9 Å². The summed E-state index contributed by atoms with van der Waals surface area (Å²) >= 11 is 0. The summed E-state index contributed by atoms with van der Waals surface area (Å²) < 4.78 is 70.9. The van der Waals surface area contributed by atoms with Gasteiger partial charge in [-0.25, -0.2) is 0 Å². The van der Waals surface area contributed by atoms with Crippen LogP contribution >= 0.6 is 0 Å². The molecule has 4 aliphatic rings. The Labute approximate surface area is 420 Å². The van der Waals surface area contributed by atoms with Crippen LogP contribution in [0, 0.1) is 0 Å². The molecule has 0 amide bonds. The summed E-state index contributed by atoms with van der Waals surface area (Å²) in [6, 6.07) is 0. The third kappa shape index (κ3) is 19.7. The summed E-state index contributed by atoms with van der Waals surface area (Å²) in [4.78, 5) is 0. The second-order valence-electron chi connectivity index (χ2n) is 16.2. The van der Waals surface area contributed by atoms with Crippen molar-refractivity contribution in [1.82, 2.24) is 15.0 Å². The van der Waals surface area contributed by atoms with E-state index in [9.17, 15) is 46.0 Å². The maximum atomic E-state index is 11.5. The van der Waals surface area contributed by atoms with Gasteiger partial charge < -0.3 is 103 Å². The molecule has 71 heavy (non-hydrogen) atoms. The maximum absolute atomic E-state index is 11.5. The molecule has 0 aromatic carbocycles. The molecule has 4 fully saturated rings. The smallest absolute Gasteiger partial charge is 0.186 e. The van der Waals surface area contributed by atoms with Crippen molar-refractivity contribution in [2.45, 2.75) is 231 Å². The molecule has 422 valence electrons. The molecule has 5 heterocycles. The number of ether oxygens (including phenoxy) is 12. The average Bonchev–Trinajstić information content (AvgIpc) is 3.86. The lowest BCUT2D eigenvalue weighted by molar-refractivity contribution is -0.351. The molecule has 9 N–H and O–H groups in total. The van der Waals surface area contributed by atoms with Gasteiger partial charge in [0.2, 0.25) is 0 Å². The number of aliphatic hydroxyl groups excluding tert-OH is 9. The van der Waals surface area contributed by atoms with E-state index in [1.807, 2.05) is 55.4 Å². The van der Waals surface area contributed by atoms with Gasteiger partial charge in [-0.2, -0.15) is 0 Å². The largest absolute Gasteiger partial charge is 0.387 e. The molecule has 24 nitrogen and oxygen atoms in total. The van der Waals surface area contributed by atoms with Crippen molar-refractivity contribution in [3.63, 3.8) is 0 Å². The molecular weight excluding hydrogens is 943 g/mol. The summed E-state index contributed by atoms with van der Waals surface area (Å²) in [5.74, 6) is 0. The van der Waals surface area contributed by atoms with Gasteiger partial charge >= 0.3 is 0 Å². The third-order valence-corrected chi connectivity index (χ3v) is 11.1. The Morgan fingerprint density at radius 2 is 0.901 bits per heavy atom. The standard InChI is InChI=1S/C38H67N3O21.C3H8.3C2H6/c1-6-11-54-33-21(61-37(30(49)26(33)45)57-15-20-32(53-8-3)25(44)29(48)35(52-5)60-20)16-58-38-31(50)27(46)34(55-12-9-10-18-13-41(7-2)40-39-18)22(62-38)17-56-36-28(47)24(43)23(42)19(59-36)14-51-4;1-3-2;3*1-2/h13,19-38,42-50H,6-12,14-17H2,1-5H3;3H2,1-2H3;3*1-2H3/t19-,20-,21-,22-,23-,24+,25-,26-,27-,28-,29-,30-,31-,32-,33-,34-,35+,36+,37+,38+;;;;/m1..../s1. The predicted molar refractivity (Wildman–Crippen MR) is 255 cm³/mol. The fourth-order valence-electron chi connectivity index (χ4n) is 7.66. The summed E-state index contributed by atoms with van der Waals surface area (Å²) in [5.41, 5.74) is 0.728. The molecule has 0 saturated carbocycles. The molecule has 0 spiro atoms. The number of aromatic nitrogens is 3. The highest BCUT2D eigenvalue weighted by Gasteiger charge is 2.52. The van der Waals surface area contributed by atoms with Gasteiger partial charge in [0.1, 0.15) is 97.7 Å². The van der Waals surface area contributed by atoms with Gasteiger partial charge in [0.25, 0.3) is 0 Å². The molecule has 20 atom stereocenters. The minimum Gasteiger partial charge on any atom is -0.387 e. The van der Waals surface area contributed by atoms with Crippen LogP contribution in [-0.2, 0) is 69.8 Å². The Balaban J connectivity index is 0.00000263. The highest BCUT2D eigenvalue weighted by Crippen LogP contribution is 2.31. The van der Waals surface area contributed by atoms with Gasteiger partial charge in [0.05, 0.1) is 32.1 Å². The molecule has 5 rings (SSSR count). The lowest BCUT2D eigenvalue weighted by atomic mass is 9.97. The number of hydrogen-bond donors (Lipinski definition) is 9. The molecule has 24 heteroatoms. The van der Waals surface area contributed by atoms with Crippen LogP contribution in [0.5, 0.6) is 0 Å². The normalized spacial score (nSPS) is 36.9. The van der Waals surface area contributed by atoms with E-state index < -0.39 is 136 Å². The number of aryl methyl sites for hydroxylation is 2. The zero-order valence-electron chi connectivity index (χ0n) is 44.4. The van der Waals surface area contributed by atoms with E-state index in [4.69, 9.17) is 56.8 Å². The van der Waals surface area contributed by atoms with E-state index in [0.717, 1.165) is 5.69 Å². The monoisotopic (exact) mass is 1040 g/mol. The molecule has 1 aromatic heterocycles. The highest BCUT2D eigenvalue weighted by atomic mass is 16.8. The van der Waals surface area contributed by atoms with Gasteiger partial charge in [-0.1, -0.05) is 73.9 Å². The van der Waals surface area contributed by atoms with Crippen molar-refractivity contribution >= 4 is 0 Å². The topological polar surface area (TPSA) is 324 Å². The molecule has 4 aliphatic heterocycles. The van der Waals surface area contributed by atoms with Gasteiger partial charge in [0, 0.05) is 46.8 Å². The number of hydrogen-bond acceptors (Lipinski definition) is 23. The number of rotatable bonds is 23. The quantitative estimate of drug-likeness (QED) is 0.0641. The molecule has 0 aliphatic carbocycles. The predicted octanol–water partition coefficient (Wildman–Crippen LogP) is -0.199. The molecular formula is C47H93N3O21. The van der Waals surface area contributed by atoms with E-state index in [0.29, 0.717) is 25.8 Å². The first-order valence-electron chi connectivity index (χ1n) is 25.5. The zero-order valence-corrected chi connectivity index (χ0v) is 44.4. The minimum absolute atomic E-state index is 0.0824. The highest BCUT2D eigenvalue weighted by molar-refractivity contribution is 4.96. The molecule has 0 bridgehead atoms. The minimum atomic E-state index is -1.71. The van der Waals surface area contributed by atoms with E-state index >= 15 is 0 Å². The number of nitrogens with zero attached hydrogens (tertiary/aromatic N) is 3. The van der Waals surface area contributed by atoms with Crippen LogP contribution < -0.4 is 0 Å². The lowest BCUT2D eigenvalue weighted by Crippen LogP contribution is -2.64. The van der Waals surface area contributed by atoms with Crippen LogP contribution in [0.25, 0.3) is 0 Å². The summed E-state index contributed by atoms with van der Waals surface area (Å²) in [6.07, 6.45) is -23.3. The summed E-state index contributed by atoms with van der Waals surface area (Å²) in [6.45, 7) is 21.4. The van der Waals surface area contributed by atoms with Crippen LogP contribution in [0.2, 0.25) is 0 Å². The van der Waals surface area contributed by atoms with Gasteiger partial charge in [0.15, 0.2) is 25.2 Å². The summed E-state index contributed by atoms with van der Waals surface area (Å²) in [5, 5.41) is 106. The van der Waals surface area contributed by atoms with Gasteiger partial charge in [-0.3, -0.25) is 4.68 Å². The van der Waals surface area contributed by atoms with Gasteiger partial charge in [-0.05, 0) is 33.1 Å². The van der Waals surface area contributed by atoms with Crippen molar-refractivity contribution in [1.29, 1.82) is 0 Å². The van der Waals surface area contributed by atoms with Crippen LogP contribution in [0.15, 0.2) is 6.20 Å². The molecule has 0 unspecified atom stereocenters. The Kier molecular flexibility index (Phi) is 35.2. The molecule has 0 radical (unpaired) electrons. The van der Waals surface area contributed by atoms with Crippen LogP contribution in [0.3, 0.4) is 0 Å². The van der Waals surface area contributed by atoms with Crippen molar-refractivity contribution < 1.29 is 103 Å². The summed E-state index contributed by atoms with van der Waals surface area (Å²) in [7, 11) is 2.65. The van der Waals surface area contributed by atoms with Crippen molar-refractivity contribution in [2.24, 2.45) is 0 Å². The van der Waals surface area contributed by atoms with E-state index in [2.05, 4.69) is 24.2 Å². The second-order valence-corrected chi connectivity index (χ2v) is 16.2. The average molecular weight is 1040 g/mol. The van der Waals surface area contributed by atoms with Crippen molar-refractivity contribution in [2.75, 3.05) is 60.5 Å². The fourth-order valence-corrected chi connectivity index (χ4v) is 7.66. The van der Waals surface area contributed by atoms with Crippen LogP contribution in [-0.4, -0.2) is 244 Å². The first-order chi connectivity index (χ1) is 34.2. The SMILES string of the molecule is CC.CC.CC.CCC.CCCO[C@H]1[C@H](O)[C@@H](O)[C@@H](OC[C@H]2O[C@H](OC)[C@H](O)[C@@H](O)[C@@H]2OCC)O[C@@H]1CO[C@H]1O[C@H](CO[C@H]2O[C@H](COC)[C@@H](O)[C@H](O)[C@H]2O)[C@@H](OCCCc2cn(CC)nn2)[C@H](O)[C@H]1O. The third-order valence-electron chi connectivity index (χ3n) is 11.1. The number of methoxy groups -OCH3 is 2. The Hall–Kier alpha value is -1.70. The molecule has 1 aromatic rings. The van der Waals surface area contributed by atoms with E-state index in [-0.39, 0.29) is 33.0 Å². The number of aliphatic hydroxyl groups is 9. The lowest BCUT2D eigenvalue weighted by Gasteiger charge is -2.46. The maximum Gasteiger partial charge on any atom is 0.186 e. The Morgan fingerprint density at radius 3 is 1.31 bits per heavy atom. The van der Waals surface area contributed by atoms with E-state index in [1.165, 1.54) is 20.6 Å². The van der Waals surface area contributed by atoms with Crippen LogP contribution in [0.1, 0.15) is 101 Å². The fraction of sp³-hybridized carbons (Fsp3) is 0.957. The van der Waals surface area contributed by atoms with Gasteiger partial charge in [-0.15, -0.1) is 5.10 Å². The van der Waals surface area contributed by atoms with E-state index in [1.54, 1.807) is 17.8 Å². The van der Waals surface area contributed by atoms with Crippen molar-refractivity contribution in [3.8, 4) is 0 Å². The molecule has 4 saturated heterocycles. The second kappa shape index (κ2) is 37.1. The zero-order chi connectivity index (χ0) is 53.8. The Morgan fingerprint density at radius 1 is 0.493 bits per heavy atom.